The molecule has 3 aromatic carbocycles. The van der Waals surface area contributed by atoms with Crippen LogP contribution in [0, 0.1) is 5.82 Å². The molecule has 228 valence electrons. The number of carbonyl (C=O) groups is 2. The van der Waals surface area contributed by atoms with Gasteiger partial charge in [0.05, 0.1) is 29.0 Å². The maximum Gasteiger partial charge on any atom is 0.410 e. The third-order valence-corrected chi connectivity index (χ3v) is 7.68. The number of rotatable bonds is 5. The second-order valence-electron chi connectivity index (χ2n) is 11.7. The van der Waals surface area contributed by atoms with Gasteiger partial charge in [0.25, 0.3) is 5.91 Å². The molecule has 4 aromatic rings. The van der Waals surface area contributed by atoms with E-state index in [1.165, 1.54) is 12.1 Å². The first-order valence-corrected chi connectivity index (χ1v) is 15.0. The van der Waals surface area contributed by atoms with Gasteiger partial charge in [-0.3, -0.25) is 4.79 Å². The van der Waals surface area contributed by atoms with E-state index in [2.05, 4.69) is 5.32 Å². The molecule has 1 aliphatic heterocycles. The molecule has 2 amide bonds. The third kappa shape index (κ3) is 7.14. The summed E-state index contributed by atoms with van der Waals surface area (Å²) in [5.74, 6) is -0.734. The minimum absolute atomic E-state index is 0.150. The summed E-state index contributed by atoms with van der Waals surface area (Å²) in [7, 11) is 0. The summed E-state index contributed by atoms with van der Waals surface area (Å²) in [6, 6.07) is 20.4. The van der Waals surface area contributed by atoms with Crippen molar-refractivity contribution in [1.82, 2.24) is 20.0 Å². The van der Waals surface area contributed by atoms with Crippen LogP contribution in [0.2, 0.25) is 10.0 Å². The van der Waals surface area contributed by atoms with Crippen LogP contribution in [-0.2, 0) is 11.2 Å². The maximum absolute atomic E-state index is 13.9. The summed E-state index contributed by atoms with van der Waals surface area (Å²) in [5, 5.41) is 8.67. The van der Waals surface area contributed by atoms with E-state index in [4.69, 9.17) is 33.0 Å². The highest BCUT2D eigenvalue weighted by molar-refractivity contribution is 6.35. The number of fused-ring (bicyclic) bond motifs is 1. The van der Waals surface area contributed by atoms with Gasteiger partial charge >= 0.3 is 6.09 Å². The van der Waals surface area contributed by atoms with Gasteiger partial charge in [-0.2, -0.15) is 5.10 Å². The van der Waals surface area contributed by atoms with Gasteiger partial charge in [0, 0.05) is 17.1 Å². The zero-order valence-electron chi connectivity index (χ0n) is 24.9. The molecule has 0 saturated heterocycles. The van der Waals surface area contributed by atoms with E-state index in [9.17, 15) is 14.0 Å². The number of aromatic nitrogens is 2. The smallest absolute Gasteiger partial charge is 0.410 e. The topological polar surface area (TPSA) is 76.5 Å². The molecule has 1 aliphatic rings. The fourth-order valence-corrected chi connectivity index (χ4v) is 5.57. The molecule has 10 heteroatoms. The molecule has 0 bridgehead atoms. The van der Waals surface area contributed by atoms with Crippen molar-refractivity contribution < 1.29 is 18.7 Å². The number of nitrogens with one attached hydrogen (secondary N) is 1. The van der Waals surface area contributed by atoms with E-state index in [1.54, 1.807) is 39.9 Å². The number of carbonyl (C=O) groups excluding carboxylic acids is 2. The summed E-state index contributed by atoms with van der Waals surface area (Å²) < 4.78 is 21.2. The minimum atomic E-state index is -0.705. The summed E-state index contributed by atoms with van der Waals surface area (Å²) in [4.78, 5) is 28.8. The van der Waals surface area contributed by atoms with E-state index in [-0.39, 0.29) is 36.5 Å². The van der Waals surface area contributed by atoms with Crippen molar-refractivity contribution in [3.05, 3.63) is 117 Å². The van der Waals surface area contributed by atoms with E-state index in [0.29, 0.717) is 44.5 Å². The lowest BCUT2D eigenvalue weighted by Gasteiger charge is -2.27. The van der Waals surface area contributed by atoms with Gasteiger partial charge in [-0.25, -0.2) is 13.9 Å². The van der Waals surface area contributed by atoms with Gasteiger partial charge in [-0.1, -0.05) is 65.7 Å². The molecule has 0 aliphatic carbocycles. The van der Waals surface area contributed by atoms with E-state index in [1.807, 2.05) is 64.1 Å². The third-order valence-electron chi connectivity index (χ3n) is 7.14. The fraction of sp³-hybridized carbons (Fsp3) is 0.265. The molecule has 2 heterocycles. The molecule has 0 fully saturated rings. The largest absolute Gasteiger partial charge is 0.444 e. The summed E-state index contributed by atoms with van der Waals surface area (Å²) >= 11 is 12.9. The lowest BCUT2D eigenvalue weighted by Crippen LogP contribution is -2.38. The summed E-state index contributed by atoms with van der Waals surface area (Å²) in [6.07, 6.45) is 1.70. The van der Waals surface area contributed by atoms with E-state index >= 15 is 0 Å². The highest BCUT2D eigenvalue weighted by Crippen LogP contribution is 2.35. The molecule has 44 heavy (non-hydrogen) atoms. The first-order chi connectivity index (χ1) is 20.9. The normalized spacial score (nSPS) is 15.0. The SMILES string of the molecule is C[C@@H](NC(=O)c1nn(-c2ccc(Cl)cc2Cl)c2c1CCN(C(=O)OC(C)(C)C)C/C2=C\c1ccc(F)cc1)c1ccccc1. The molecule has 1 atom stereocenters. The van der Waals surface area contributed by atoms with Crippen molar-refractivity contribution in [2.45, 2.75) is 45.8 Å². The van der Waals surface area contributed by atoms with Gasteiger partial charge in [0.1, 0.15) is 11.4 Å². The van der Waals surface area contributed by atoms with Gasteiger partial charge < -0.3 is 15.0 Å². The van der Waals surface area contributed by atoms with Crippen molar-refractivity contribution >= 4 is 46.9 Å². The van der Waals surface area contributed by atoms with Crippen LogP contribution >= 0.6 is 23.2 Å². The Morgan fingerprint density at radius 1 is 1.05 bits per heavy atom. The lowest BCUT2D eigenvalue weighted by atomic mass is 10.0. The molecule has 0 radical (unpaired) electrons. The number of hydrogen-bond acceptors (Lipinski definition) is 4. The predicted molar refractivity (Wildman–Crippen MR) is 172 cm³/mol. The highest BCUT2D eigenvalue weighted by Gasteiger charge is 2.33. The Morgan fingerprint density at radius 3 is 2.41 bits per heavy atom. The minimum Gasteiger partial charge on any atom is -0.444 e. The van der Waals surface area contributed by atoms with Crippen LogP contribution in [-0.4, -0.2) is 45.4 Å². The van der Waals surface area contributed by atoms with E-state index < -0.39 is 11.7 Å². The average molecular weight is 636 g/mol. The maximum atomic E-state index is 13.9. The molecule has 5 rings (SSSR count). The number of benzene rings is 3. The van der Waals surface area contributed by atoms with Crippen LogP contribution in [0.25, 0.3) is 17.3 Å². The van der Waals surface area contributed by atoms with Crippen molar-refractivity contribution in [3.63, 3.8) is 0 Å². The van der Waals surface area contributed by atoms with Crippen LogP contribution in [0.15, 0.2) is 72.8 Å². The number of hydrogen-bond donors (Lipinski definition) is 1. The molecule has 0 unspecified atom stereocenters. The average Bonchev–Trinajstić information content (AvgIpc) is 3.24. The van der Waals surface area contributed by atoms with Crippen molar-refractivity contribution in [2.24, 2.45) is 0 Å². The van der Waals surface area contributed by atoms with Gasteiger partial charge in [0.2, 0.25) is 0 Å². The Balaban J connectivity index is 1.67. The molecular weight excluding hydrogens is 602 g/mol. The van der Waals surface area contributed by atoms with E-state index in [0.717, 1.165) is 5.56 Å². The number of amides is 2. The van der Waals surface area contributed by atoms with Crippen molar-refractivity contribution in [3.8, 4) is 5.69 Å². The Labute approximate surface area is 266 Å². The van der Waals surface area contributed by atoms with Crippen LogP contribution in [0.4, 0.5) is 9.18 Å². The van der Waals surface area contributed by atoms with Crippen LogP contribution in [0.5, 0.6) is 0 Å². The summed E-state index contributed by atoms with van der Waals surface area (Å²) in [6.45, 7) is 7.76. The second-order valence-corrected chi connectivity index (χ2v) is 12.5. The van der Waals surface area contributed by atoms with Gasteiger partial charge in [0.15, 0.2) is 5.69 Å². The Bertz CT molecular complexity index is 1710. The second kappa shape index (κ2) is 12.8. The van der Waals surface area contributed by atoms with Gasteiger partial charge in [-0.05, 0) is 87.2 Å². The standard InChI is InChI=1S/C34H33Cl2FN4O3/c1-21(23-8-6-5-7-9-23)38-32(42)30-27-16-17-40(33(43)44-34(2,3)4)20-24(18-22-10-13-26(37)14-11-22)31(27)41(39-30)29-15-12-25(35)19-28(29)36/h5-15,18-19,21H,16-17,20H2,1-4H3,(H,38,42)/b24-18+/t21-/m1/s1. The molecule has 1 N–H and O–H groups in total. The highest BCUT2D eigenvalue weighted by atomic mass is 35.5. The molecule has 1 aromatic heterocycles. The quantitative estimate of drug-likeness (QED) is 0.240. The van der Waals surface area contributed by atoms with Crippen LogP contribution in [0.1, 0.15) is 66.6 Å². The Kier molecular flexibility index (Phi) is 9.13. The first-order valence-electron chi connectivity index (χ1n) is 14.3. The van der Waals surface area contributed by atoms with Crippen molar-refractivity contribution in [1.29, 1.82) is 0 Å². The van der Waals surface area contributed by atoms with Crippen molar-refractivity contribution in [2.75, 3.05) is 13.1 Å². The Morgan fingerprint density at radius 2 is 1.75 bits per heavy atom. The lowest BCUT2D eigenvalue weighted by molar-refractivity contribution is 0.0279. The first kappa shape index (κ1) is 31.3. The fourth-order valence-electron chi connectivity index (χ4n) is 5.08. The zero-order chi connectivity index (χ0) is 31.6. The summed E-state index contributed by atoms with van der Waals surface area (Å²) in [5.41, 5.74) is 3.60. The van der Waals surface area contributed by atoms with Crippen LogP contribution < -0.4 is 5.32 Å². The number of ether oxygens (including phenoxy) is 1. The molecule has 7 nitrogen and oxygen atoms in total. The van der Waals surface area contributed by atoms with Gasteiger partial charge in [-0.15, -0.1) is 0 Å². The number of nitrogens with zero attached hydrogens (tertiary/aromatic N) is 3. The molecular formula is C34H33Cl2FN4O3. The predicted octanol–water partition coefficient (Wildman–Crippen LogP) is 8.14. The number of halogens is 3. The monoisotopic (exact) mass is 634 g/mol. The molecule has 0 saturated carbocycles. The Hall–Kier alpha value is -4.14. The molecule has 0 spiro atoms. The van der Waals surface area contributed by atoms with Crippen LogP contribution in [0.3, 0.4) is 0 Å². The zero-order valence-corrected chi connectivity index (χ0v) is 26.4.